The van der Waals surface area contributed by atoms with Crippen LogP contribution in [0.15, 0.2) is 24.3 Å². The number of hydrogen-bond acceptors (Lipinski definition) is 6. The van der Waals surface area contributed by atoms with E-state index in [0.29, 0.717) is 19.3 Å². The molecule has 2 atom stereocenters. The van der Waals surface area contributed by atoms with Crippen LogP contribution in [0.5, 0.6) is 0 Å². The number of esters is 2. The smallest absolute Gasteiger partial charge is 0.362 e. The molecule has 0 aromatic heterocycles. The second-order valence-electron chi connectivity index (χ2n) is 16.7. The topological polar surface area (TPSA) is 99.1 Å². The van der Waals surface area contributed by atoms with Crippen molar-refractivity contribution in [1.29, 1.82) is 0 Å². The van der Waals surface area contributed by atoms with Crippen LogP contribution >= 0.6 is 0 Å². The fourth-order valence-electron chi connectivity index (χ4n) is 6.73. The Labute approximate surface area is 339 Å². The summed E-state index contributed by atoms with van der Waals surface area (Å²) in [6.45, 7) is 4.71. The van der Waals surface area contributed by atoms with Gasteiger partial charge in [0.1, 0.15) is 6.61 Å². The van der Waals surface area contributed by atoms with Crippen LogP contribution in [0.3, 0.4) is 0 Å². The van der Waals surface area contributed by atoms with Crippen molar-refractivity contribution >= 4 is 17.9 Å². The van der Waals surface area contributed by atoms with Crippen LogP contribution in [0.2, 0.25) is 0 Å². The first-order valence-corrected chi connectivity index (χ1v) is 22.9. The molecule has 0 spiro atoms. The van der Waals surface area contributed by atoms with Gasteiger partial charge in [0.15, 0.2) is 12.1 Å². The van der Waals surface area contributed by atoms with Gasteiger partial charge < -0.3 is 23.8 Å². The maximum atomic E-state index is 12.7. The largest absolute Gasteiger partial charge is 0.477 e. The zero-order valence-corrected chi connectivity index (χ0v) is 36.6. The Morgan fingerprint density at radius 2 is 0.909 bits per heavy atom. The van der Waals surface area contributed by atoms with Gasteiger partial charge in [0.2, 0.25) is 0 Å². The minimum absolute atomic E-state index is 0.0532. The van der Waals surface area contributed by atoms with Gasteiger partial charge in [-0.2, -0.15) is 0 Å². The summed E-state index contributed by atoms with van der Waals surface area (Å²) in [5.41, 5.74) is 0. The summed E-state index contributed by atoms with van der Waals surface area (Å²) >= 11 is 0. The van der Waals surface area contributed by atoms with Crippen molar-refractivity contribution in [3.05, 3.63) is 24.3 Å². The average molecular weight is 779 g/mol. The predicted octanol–water partition coefficient (Wildman–Crippen LogP) is 12.5. The van der Waals surface area contributed by atoms with Gasteiger partial charge in [0, 0.05) is 19.3 Å². The Balaban J connectivity index is 4.29. The lowest BCUT2D eigenvalue weighted by Crippen LogP contribution is -2.50. The first kappa shape index (κ1) is 52.8. The Bertz CT molecular complexity index is 957. The van der Waals surface area contributed by atoms with E-state index in [1.54, 1.807) is 0 Å². The third-order valence-electron chi connectivity index (χ3n) is 10.3. The van der Waals surface area contributed by atoms with E-state index in [4.69, 9.17) is 14.2 Å². The summed E-state index contributed by atoms with van der Waals surface area (Å²) in [6.07, 6.45) is 42.2. The Morgan fingerprint density at radius 3 is 1.35 bits per heavy atom. The number of quaternary nitrogens is 1. The lowest BCUT2D eigenvalue weighted by molar-refractivity contribution is -0.887. The van der Waals surface area contributed by atoms with Gasteiger partial charge in [-0.25, -0.2) is 4.79 Å². The third-order valence-corrected chi connectivity index (χ3v) is 10.3. The van der Waals surface area contributed by atoms with Crippen molar-refractivity contribution in [3.63, 3.8) is 0 Å². The van der Waals surface area contributed by atoms with Gasteiger partial charge in [-0.05, 0) is 64.2 Å². The van der Waals surface area contributed by atoms with Gasteiger partial charge in [-0.3, -0.25) is 9.59 Å². The highest BCUT2D eigenvalue weighted by Crippen LogP contribution is 2.15. The minimum atomic E-state index is -0.875. The average Bonchev–Trinajstić information content (AvgIpc) is 3.14. The lowest BCUT2D eigenvalue weighted by atomic mass is 10.1. The van der Waals surface area contributed by atoms with E-state index >= 15 is 0 Å². The quantitative estimate of drug-likeness (QED) is 0.0285. The van der Waals surface area contributed by atoms with E-state index < -0.39 is 18.1 Å². The van der Waals surface area contributed by atoms with E-state index in [1.165, 1.54) is 122 Å². The van der Waals surface area contributed by atoms with E-state index in [9.17, 15) is 19.5 Å². The molecule has 1 N–H and O–H groups in total. The molecule has 0 radical (unpaired) electrons. The van der Waals surface area contributed by atoms with Crippen molar-refractivity contribution in [2.45, 2.75) is 219 Å². The SMILES string of the molecule is CCCCC/C=C\CCCCCCCC(=O)OCC(COCCC(C(=O)O)[N+](C)(C)C)OC(=O)CCCCCCCCCCC/C=C\CCCCCCCC. The van der Waals surface area contributed by atoms with Crippen LogP contribution in [0.25, 0.3) is 0 Å². The summed E-state index contributed by atoms with van der Waals surface area (Å²) in [5.74, 6) is -1.47. The Kier molecular flexibility index (Phi) is 37.1. The molecule has 0 aromatic rings. The molecule has 0 aromatic carbocycles. The van der Waals surface area contributed by atoms with Crippen molar-refractivity contribution in [3.8, 4) is 0 Å². The monoisotopic (exact) mass is 779 g/mol. The molecule has 2 unspecified atom stereocenters. The highest BCUT2D eigenvalue weighted by Gasteiger charge is 2.31. The number of ether oxygens (including phenoxy) is 3. The van der Waals surface area contributed by atoms with Crippen molar-refractivity contribution in [1.82, 2.24) is 0 Å². The zero-order valence-electron chi connectivity index (χ0n) is 36.6. The second kappa shape index (κ2) is 38.7. The Morgan fingerprint density at radius 1 is 0.527 bits per heavy atom. The molecule has 0 aliphatic rings. The molecule has 0 aliphatic carbocycles. The highest BCUT2D eigenvalue weighted by atomic mass is 16.6. The van der Waals surface area contributed by atoms with E-state index in [-0.39, 0.29) is 36.2 Å². The molecule has 0 saturated heterocycles. The van der Waals surface area contributed by atoms with Gasteiger partial charge in [0.05, 0.1) is 34.4 Å². The molecular formula is C47H88NO7+. The molecule has 0 amide bonds. The molecule has 322 valence electrons. The van der Waals surface area contributed by atoms with Crippen molar-refractivity contribution in [2.75, 3.05) is 41.0 Å². The number of hydrogen-bond donors (Lipinski definition) is 1. The number of carboxylic acid groups (broad SMARTS) is 1. The normalized spacial score (nSPS) is 13.1. The van der Waals surface area contributed by atoms with E-state index in [0.717, 1.165) is 51.4 Å². The fourth-order valence-corrected chi connectivity index (χ4v) is 6.73. The van der Waals surface area contributed by atoms with Gasteiger partial charge in [0.25, 0.3) is 0 Å². The third kappa shape index (κ3) is 37.2. The van der Waals surface area contributed by atoms with Crippen LogP contribution < -0.4 is 0 Å². The highest BCUT2D eigenvalue weighted by molar-refractivity contribution is 5.72. The zero-order chi connectivity index (χ0) is 40.7. The van der Waals surface area contributed by atoms with Crippen LogP contribution in [0.1, 0.15) is 206 Å². The molecule has 0 heterocycles. The van der Waals surface area contributed by atoms with Gasteiger partial charge in [-0.15, -0.1) is 0 Å². The molecule has 0 bridgehead atoms. The number of carbonyl (C=O) groups is 3. The van der Waals surface area contributed by atoms with Crippen LogP contribution in [0.4, 0.5) is 0 Å². The minimum Gasteiger partial charge on any atom is -0.477 e. The molecule has 0 fully saturated rings. The first-order chi connectivity index (χ1) is 26.6. The number of allylic oxidation sites excluding steroid dienone is 4. The summed E-state index contributed by atoms with van der Waals surface area (Å²) in [7, 11) is 5.53. The van der Waals surface area contributed by atoms with Crippen LogP contribution in [0, 0.1) is 0 Å². The number of aliphatic carboxylic acids is 1. The number of carboxylic acids is 1. The summed E-state index contributed by atoms with van der Waals surface area (Å²) in [6, 6.07) is -0.613. The number of rotatable bonds is 41. The number of likely N-dealkylation sites (N-methyl/N-ethyl adjacent to an activating group) is 1. The summed E-state index contributed by atoms with van der Waals surface area (Å²) in [4.78, 5) is 37.0. The number of carbonyl (C=O) groups excluding carboxylic acids is 2. The molecular weight excluding hydrogens is 691 g/mol. The predicted molar refractivity (Wildman–Crippen MR) is 229 cm³/mol. The molecule has 0 rings (SSSR count). The molecule has 8 heteroatoms. The first-order valence-electron chi connectivity index (χ1n) is 22.9. The van der Waals surface area contributed by atoms with Crippen molar-refractivity contribution in [2.24, 2.45) is 0 Å². The standard InChI is InChI=1S/C47H87NO7/c1-6-8-10-12-14-16-18-20-21-22-23-24-25-26-28-30-32-34-36-38-46(50)55-43(41-53-40-39-44(47(51)52)48(3,4)5)42-54-45(49)37-35-33-31-29-27-19-17-15-13-11-9-7-2/h15,17,20-21,43-44H,6-14,16,18-19,22-42H2,1-5H3/p+1/b17-15-,21-20-. The lowest BCUT2D eigenvalue weighted by Gasteiger charge is -2.31. The number of nitrogens with zero attached hydrogens (tertiary/aromatic N) is 1. The van der Waals surface area contributed by atoms with Crippen molar-refractivity contribution < 1.29 is 38.2 Å². The number of unbranched alkanes of at least 4 members (excludes halogenated alkanes) is 23. The Hall–Kier alpha value is -2.19. The molecule has 8 nitrogen and oxygen atoms in total. The summed E-state index contributed by atoms with van der Waals surface area (Å²) < 4.78 is 17.3. The van der Waals surface area contributed by atoms with E-state index in [2.05, 4.69) is 38.2 Å². The van der Waals surface area contributed by atoms with E-state index in [1.807, 2.05) is 21.1 Å². The van der Waals surface area contributed by atoms with Gasteiger partial charge >= 0.3 is 17.9 Å². The molecule has 55 heavy (non-hydrogen) atoms. The maximum Gasteiger partial charge on any atom is 0.362 e. The van der Waals surface area contributed by atoms with Crippen LogP contribution in [-0.4, -0.2) is 80.6 Å². The fraction of sp³-hybridized carbons (Fsp3) is 0.851. The summed E-state index contributed by atoms with van der Waals surface area (Å²) in [5, 5.41) is 9.62. The van der Waals surface area contributed by atoms with Crippen LogP contribution in [-0.2, 0) is 28.6 Å². The maximum absolute atomic E-state index is 12.7. The molecule has 0 aliphatic heterocycles. The second-order valence-corrected chi connectivity index (χ2v) is 16.7. The molecule has 0 saturated carbocycles. The van der Waals surface area contributed by atoms with Gasteiger partial charge in [-0.1, -0.05) is 147 Å².